The van der Waals surface area contributed by atoms with E-state index in [2.05, 4.69) is 23.4 Å². The minimum Gasteiger partial charge on any atom is -0.380 e. The first kappa shape index (κ1) is 11.2. The maximum atomic E-state index is 5.44. The molecule has 0 unspecified atom stereocenters. The molecule has 3 nitrogen and oxygen atoms in total. The average Bonchev–Trinajstić information content (AvgIpc) is 2.61. The predicted molar refractivity (Wildman–Crippen MR) is 57.3 cm³/mol. The Morgan fingerprint density at radius 2 is 2.14 bits per heavy atom. The Labute approximate surface area is 86.1 Å². The van der Waals surface area contributed by atoms with Crippen molar-refractivity contribution in [2.75, 3.05) is 13.2 Å². The third-order valence-corrected chi connectivity index (χ3v) is 2.10. The van der Waals surface area contributed by atoms with Crippen molar-refractivity contribution in [3.8, 4) is 0 Å². The topological polar surface area (TPSA) is 27.1 Å². The number of imidazole rings is 1. The van der Waals surface area contributed by atoms with E-state index in [9.17, 15) is 0 Å². The Morgan fingerprint density at radius 3 is 2.86 bits per heavy atom. The van der Waals surface area contributed by atoms with E-state index in [0.717, 1.165) is 39.0 Å². The predicted octanol–water partition coefficient (Wildman–Crippen LogP) is 2.26. The Balaban J connectivity index is 2.30. The van der Waals surface area contributed by atoms with Crippen molar-refractivity contribution in [3.05, 3.63) is 18.2 Å². The minimum absolute atomic E-state index is 0.793. The number of aryl methyl sites for hydroxylation is 1. The summed E-state index contributed by atoms with van der Waals surface area (Å²) in [7, 11) is 0. The zero-order valence-corrected chi connectivity index (χ0v) is 9.20. The molecule has 0 aliphatic rings. The van der Waals surface area contributed by atoms with Crippen LogP contribution in [0.4, 0.5) is 0 Å². The van der Waals surface area contributed by atoms with Crippen molar-refractivity contribution in [2.45, 2.75) is 39.7 Å². The van der Waals surface area contributed by atoms with Gasteiger partial charge in [0.1, 0.15) is 5.82 Å². The van der Waals surface area contributed by atoms with Crippen molar-refractivity contribution in [3.63, 3.8) is 0 Å². The Kier molecular flexibility index (Phi) is 5.30. The lowest BCUT2D eigenvalue weighted by Crippen LogP contribution is -2.09. The molecular formula is C11H20N2O. The molecule has 0 aliphatic carbocycles. The van der Waals surface area contributed by atoms with Crippen LogP contribution in [0.3, 0.4) is 0 Å². The van der Waals surface area contributed by atoms with Crippen LogP contribution in [0, 0.1) is 0 Å². The summed E-state index contributed by atoms with van der Waals surface area (Å²) in [6.07, 6.45) is 7.18. The highest BCUT2D eigenvalue weighted by Gasteiger charge is 2.00. The smallest absolute Gasteiger partial charge is 0.108 e. The molecule has 1 aromatic rings. The number of aromatic nitrogens is 2. The van der Waals surface area contributed by atoms with Crippen LogP contribution in [0.25, 0.3) is 0 Å². The van der Waals surface area contributed by atoms with Gasteiger partial charge in [0.2, 0.25) is 0 Å². The molecule has 1 heterocycles. The second-order valence-corrected chi connectivity index (χ2v) is 3.40. The summed E-state index contributed by atoms with van der Waals surface area (Å²) >= 11 is 0. The second-order valence-electron chi connectivity index (χ2n) is 3.40. The van der Waals surface area contributed by atoms with Gasteiger partial charge in [-0.3, -0.25) is 0 Å². The summed E-state index contributed by atoms with van der Waals surface area (Å²) < 4.78 is 7.62. The third kappa shape index (κ3) is 3.50. The quantitative estimate of drug-likeness (QED) is 0.625. The zero-order chi connectivity index (χ0) is 10.2. The molecular weight excluding hydrogens is 176 g/mol. The molecule has 0 saturated carbocycles. The van der Waals surface area contributed by atoms with E-state index in [1.54, 1.807) is 0 Å². The molecule has 0 saturated heterocycles. The van der Waals surface area contributed by atoms with E-state index in [4.69, 9.17) is 4.74 Å². The molecule has 0 spiro atoms. The molecule has 0 atom stereocenters. The highest BCUT2D eigenvalue weighted by atomic mass is 16.5. The van der Waals surface area contributed by atoms with Gasteiger partial charge in [-0.05, 0) is 12.8 Å². The minimum atomic E-state index is 0.793. The summed E-state index contributed by atoms with van der Waals surface area (Å²) in [6, 6.07) is 0. The van der Waals surface area contributed by atoms with Gasteiger partial charge in [-0.2, -0.15) is 0 Å². The lowest BCUT2D eigenvalue weighted by atomic mass is 10.3. The molecule has 1 rings (SSSR count). The third-order valence-electron chi connectivity index (χ3n) is 2.10. The summed E-state index contributed by atoms with van der Waals surface area (Å²) in [5.41, 5.74) is 0. The molecule has 0 N–H and O–H groups in total. The molecule has 80 valence electrons. The van der Waals surface area contributed by atoms with Crippen LogP contribution in [0.2, 0.25) is 0 Å². The Bertz CT molecular complexity index is 245. The van der Waals surface area contributed by atoms with E-state index < -0.39 is 0 Å². The van der Waals surface area contributed by atoms with E-state index >= 15 is 0 Å². The Hall–Kier alpha value is -0.830. The summed E-state index contributed by atoms with van der Waals surface area (Å²) in [4.78, 5) is 4.31. The summed E-state index contributed by atoms with van der Waals surface area (Å²) in [5, 5.41) is 0. The average molecular weight is 196 g/mol. The first-order valence-electron chi connectivity index (χ1n) is 5.46. The van der Waals surface area contributed by atoms with Crippen molar-refractivity contribution in [2.24, 2.45) is 0 Å². The van der Waals surface area contributed by atoms with Gasteiger partial charge in [0.15, 0.2) is 0 Å². The first-order valence-corrected chi connectivity index (χ1v) is 5.46. The van der Waals surface area contributed by atoms with Gasteiger partial charge in [0.05, 0.1) is 6.61 Å². The van der Waals surface area contributed by atoms with Gasteiger partial charge in [0.25, 0.3) is 0 Å². The molecule has 0 radical (unpaired) electrons. The fraction of sp³-hybridized carbons (Fsp3) is 0.727. The van der Waals surface area contributed by atoms with Crippen molar-refractivity contribution in [1.82, 2.24) is 9.55 Å². The summed E-state index contributed by atoms with van der Waals surface area (Å²) in [6.45, 7) is 6.88. The van der Waals surface area contributed by atoms with Crippen LogP contribution in [0.5, 0.6) is 0 Å². The van der Waals surface area contributed by atoms with Gasteiger partial charge >= 0.3 is 0 Å². The van der Waals surface area contributed by atoms with E-state index in [0.29, 0.717) is 0 Å². The standard InChI is InChI=1S/C11H20N2O/c1-3-5-11-12-6-7-13(11)8-10-14-9-4-2/h6-7H,3-5,8-10H2,1-2H3. The SMILES string of the molecule is CCCOCCn1ccnc1CCC. The number of hydrogen-bond donors (Lipinski definition) is 0. The van der Waals surface area contributed by atoms with Crippen LogP contribution in [-0.4, -0.2) is 22.8 Å². The van der Waals surface area contributed by atoms with E-state index in [1.807, 2.05) is 12.4 Å². The normalized spacial score (nSPS) is 10.7. The highest BCUT2D eigenvalue weighted by molar-refractivity contribution is 4.92. The van der Waals surface area contributed by atoms with Crippen LogP contribution in [-0.2, 0) is 17.7 Å². The van der Waals surface area contributed by atoms with Crippen LogP contribution in [0.15, 0.2) is 12.4 Å². The Morgan fingerprint density at radius 1 is 1.29 bits per heavy atom. The molecule has 3 heteroatoms. The fourth-order valence-electron chi connectivity index (χ4n) is 1.40. The van der Waals surface area contributed by atoms with Crippen molar-refractivity contribution in [1.29, 1.82) is 0 Å². The largest absolute Gasteiger partial charge is 0.380 e. The fourth-order valence-corrected chi connectivity index (χ4v) is 1.40. The van der Waals surface area contributed by atoms with Crippen LogP contribution in [0.1, 0.15) is 32.5 Å². The van der Waals surface area contributed by atoms with Crippen LogP contribution >= 0.6 is 0 Å². The van der Waals surface area contributed by atoms with E-state index in [-0.39, 0.29) is 0 Å². The number of hydrogen-bond acceptors (Lipinski definition) is 2. The zero-order valence-electron chi connectivity index (χ0n) is 9.20. The van der Waals surface area contributed by atoms with Gasteiger partial charge in [0, 0.05) is 32.0 Å². The lowest BCUT2D eigenvalue weighted by molar-refractivity contribution is 0.126. The lowest BCUT2D eigenvalue weighted by Gasteiger charge is -2.07. The molecule has 0 aliphatic heterocycles. The molecule has 1 aromatic heterocycles. The van der Waals surface area contributed by atoms with Gasteiger partial charge in [-0.1, -0.05) is 13.8 Å². The van der Waals surface area contributed by atoms with Gasteiger partial charge in [-0.25, -0.2) is 4.98 Å². The monoisotopic (exact) mass is 196 g/mol. The number of rotatable bonds is 7. The number of ether oxygens (including phenoxy) is 1. The second kappa shape index (κ2) is 6.60. The maximum Gasteiger partial charge on any atom is 0.108 e. The molecule has 0 fully saturated rings. The number of nitrogens with zero attached hydrogens (tertiary/aromatic N) is 2. The molecule has 0 bridgehead atoms. The maximum absolute atomic E-state index is 5.44. The molecule has 0 amide bonds. The van der Waals surface area contributed by atoms with Crippen LogP contribution < -0.4 is 0 Å². The van der Waals surface area contributed by atoms with E-state index in [1.165, 1.54) is 5.82 Å². The molecule has 0 aromatic carbocycles. The summed E-state index contributed by atoms with van der Waals surface area (Å²) in [5.74, 6) is 1.17. The van der Waals surface area contributed by atoms with Crippen molar-refractivity contribution >= 4 is 0 Å². The highest BCUT2D eigenvalue weighted by Crippen LogP contribution is 2.01. The molecule has 14 heavy (non-hydrogen) atoms. The van der Waals surface area contributed by atoms with Crippen molar-refractivity contribution < 1.29 is 4.74 Å². The van der Waals surface area contributed by atoms with Gasteiger partial charge < -0.3 is 9.30 Å². The van der Waals surface area contributed by atoms with Gasteiger partial charge in [-0.15, -0.1) is 0 Å². The first-order chi connectivity index (χ1) is 6.88.